The number of para-hydroxylation sites is 1. The van der Waals surface area contributed by atoms with Gasteiger partial charge in [0, 0.05) is 11.1 Å². The zero-order valence-electron chi connectivity index (χ0n) is 10.1. The second kappa shape index (κ2) is 3.81. The third-order valence-corrected chi connectivity index (χ3v) is 3.62. The molecule has 1 aromatic carbocycles. The van der Waals surface area contributed by atoms with E-state index >= 15 is 0 Å². The molecule has 1 heterocycles. The molecule has 0 radical (unpaired) electrons. The lowest BCUT2D eigenvalue weighted by molar-refractivity contribution is 0.140. The van der Waals surface area contributed by atoms with Gasteiger partial charge in [0.15, 0.2) is 0 Å². The number of hydrogen-bond donors (Lipinski definition) is 1. The van der Waals surface area contributed by atoms with E-state index in [2.05, 4.69) is 29.2 Å². The molecule has 3 rings (SSSR count). The molecule has 1 aromatic heterocycles. The van der Waals surface area contributed by atoms with Gasteiger partial charge in [-0.3, -0.25) is 4.98 Å². The molecule has 17 heavy (non-hydrogen) atoms. The van der Waals surface area contributed by atoms with Gasteiger partial charge >= 0.3 is 0 Å². The maximum Gasteiger partial charge on any atom is 0.0707 e. The minimum atomic E-state index is -0.363. The first-order valence-corrected chi connectivity index (χ1v) is 6.24. The Bertz CT molecular complexity index is 558. The zero-order chi connectivity index (χ0) is 11.9. The fourth-order valence-corrected chi connectivity index (χ4v) is 2.36. The van der Waals surface area contributed by atoms with Crippen LogP contribution in [-0.2, 0) is 6.42 Å². The summed E-state index contributed by atoms with van der Waals surface area (Å²) in [6.07, 6.45) is 3.75. The molecule has 0 amide bonds. The summed E-state index contributed by atoms with van der Waals surface area (Å²) in [7, 11) is 0. The van der Waals surface area contributed by atoms with Gasteiger partial charge in [0.25, 0.3) is 0 Å². The highest BCUT2D eigenvalue weighted by molar-refractivity contribution is 5.82. The van der Waals surface area contributed by atoms with E-state index in [9.17, 15) is 5.11 Å². The molecule has 0 spiro atoms. The van der Waals surface area contributed by atoms with Crippen LogP contribution in [0.15, 0.2) is 30.3 Å². The normalized spacial score (nSPS) is 17.3. The van der Waals surface area contributed by atoms with E-state index in [1.165, 1.54) is 10.9 Å². The van der Waals surface area contributed by atoms with Gasteiger partial charge in [-0.05, 0) is 50.3 Å². The average Bonchev–Trinajstić information content (AvgIpc) is 3.05. The van der Waals surface area contributed by atoms with Gasteiger partial charge in [-0.2, -0.15) is 0 Å². The summed E-state index contributed by atoms with van der Waals surface area (Å²) in [5.74, 6) is 0. The van der Waals surface area contributed by atoms with Crippen LogP contribution in [0.5, 0.6) is 0 Å². The number of rotatable bonds is 3. The van der Waals surface area contributed by atoms with E-state index in [1.54, 1.807) is 0 Å². The smallest absolute Gasteiger partial charge is 0.0707 e. The van der Waals surface area contributed by atoms with Gasteiger partial charge in [0.05, 0.1) is 11.1 Å². The third kappa shape index (κ3) is 2.18. The number of fused-ring (bicyclic) bond motifs is 1. The number of aliphatic hydroxyl groups is 1. The molecule has 0 aliphatic heterocycles. The van der Waals surface area contributed by atoms with Crippen molar-refractivity contribution in [1.82, 2.24) is 4.98 Å². The fraction of sp³-hybridized carbons (Fsp3) is 0.400. The van der Waals surface area contributed by atoms with Gasteiger partial charge in [0.2, 0.25) is 0 Å². The van der Waals surface area contributed by atoms with Crippen molar-refractivity contribution in [2.24, 2.45) is 0 Å². The van der Waals surface area contributed by atoms with Gasteiger partial charge in [-0.1, -0.05) is 18.2 Å². The number of hydrogen-bond acceptors (Lipinski definition) is 2. The van der Waals surface area contributed by atoms with Crippen LogP contribution < -0.4 is 0 Å². The number of pyridine rings is 1. The largest absolute Gasteiger partial charge is 0.390 e. The highest BCUT2D eigenvalue weighted by atomic mass is 16.3. The van der Waals surface area contributed by atoms with Crippen LogP contribution in [-0.4, -0.2) is 15.7 Å². The van der Waals surface area contributed by atoms with Crippen LogP contribution in [0.25, 0.3) is 10.9 Å². The van der Waals surface area contributed by atoms with E-state index in [0.29, 0.717) is 0 Å². The van der Waals surface area contributed by atoms with Crippen molar-refractivity contribution in [3.8, 4) is 0 Å². The lowest BCUT2D eigenvalue weighted by Gasteiger charge is -2.10. The van der Waals surface area contributed by atoms with Crippen LogP contribution >= 0.6 is 0 Å². The molecular weight excluding hydrogens is 210 g/mol. The minimum absolute atomic E-state index is 0.363. The highest BCUT2D eigenvalue weighted by Crippen LogP contribution is 2.39. The summed E-state index contributed by atoms with van der Waals surface area (Å²) in [6, 6.07) is 10.4. The molecule has 88 valence electrons. The molecule has 0 saturated heterocycles. The Morgan fingerprint density at radius 1 is 1.29 bits per heavy atom. The van der Waals surface area contributed by atoms with Crippen molar-refractivity contribution in [3.63, 3.8) is 0 Å². The Morgan fingerprint density at radius 2 is 2.06 bits per heavy atom. The molecule has 0 bridgehead atoms. The molecule has 2 nitrogen and oxygen atoms in total. The summed E-state index contributed by atoms with van der Waals surface area (Å²) >= 11 is 0. The Balaban J connectivity index is 1.96. The van der Waals surface area contributed by atoms with Crippen molar-refractivity contribution >= 4 is 10.9 Å². The van der Waals surface area contributed by atoms with Crippen molar-refractivity contribution in [2.75, 3.05) is 0 Å². The van der Waals surface area contributed by atoms with Crippen molar-refractivity contribution in [3.05, 3.63) is 41.6 Å². The molecule has 0 unspecified atom stereocenters. The fourth-order valence-electron chi connectivity index (χ4n) is 2.36. The Kier molecular flexibility index (Phi) is 2.40. The summed E-state index contributed by atoms with van der Waals surface area (Å²) in [6.45, 7) is 2.03. The van der Waals surface area contributed by atoms with E-state index in [-0.39, 0.29) is 5.60 Å². The number of aromatic nitrogens is 1. The van der Waals surface area contributed by atoms with Gasteiger partial charge in [-0.15, -0.1) is 0 Å². The molecule has 1 saturated carbocycles. The zero-order valence-corrected chi connectivity index (χ0v) is 10.1. The monoisotopic (exact) mass is 227 g/mol. The first-order chi connectivity index (χ1) is 8.16. The number of nitrogens with zero attached hydrogens (tertiary/aromatic N) is 1. The Labute approximate surface area is 101 Å². The summed E-state index contributed by atoms with van der Waals surface area (Å²) in [5.41, 5.74) is 3.07. The molecule has 2 aromatic rings. The van der Waals surface area contributed by atoms with Crippen LogP contribution in [0.4, 0.5) is 0 Å². The standard InChI is InChI=1S/C15H17NO/c1-11-10-12(6-7-15(17)8-9-15)13-4-2-3-5-14(13)16-11/h2-5,10,17H,6-9H2,1H3. The maximum atomic E-state index is 9.92. The molecule has 0 atom stereocenters. The summed E-state index contributed by atoms with van der Waals surface area (Å²) in [5, 5.41) is 11.1. The quantitative estimate of drug-likeness (QED) is 0.874. The maximum absolute atomic E-state index is 9.92. The molecular formula is C15H17NO. The van der Waals surface area contributed by atoms with Crippen molar-refractivity contribution < 1.29 is 5.11 Å². The first-order valence-electron chi connectivity index (χ1n) is 6.24. The van der Waals surface area contributed by atoms with Crippen LogP contribution in [0.2, 0.25) is 0 Å². The van der Waals surface area contributed by atoms with Crippen LogP contribution in [0.1, 0.15) is 30.5 Å². The van der Waals surface area contributed by atoms with Gasteiger partial charge in [-0.25, -0.2) is 0 Å². The number of aryl methyl sites for hydroxylation is 2. The van der Waals surface area contributed by atoms with Crippen molar-refractivity contribution in [1.29, 1.82) is 0 Å². The van der Waals surface area contributed by atoms with E-state index in [1.807, 2.05) is 13.0 Å². The van der Waals surface area contributed by atoms with Gasteiger partial charge < -0.3 is 5.11 Å². The summed E-state index contributed by atoms with van der Waals surface area (Å²) < 4.78 is 0. The lowest BCUT2D eigenvalue weighted by Crippen LogP contribution is -2.08. The molecule has 1 aliphatic rings. The second-order valence-electron chi connectivity index (χ2n) is 5.16. The average molecular weight is 227 g/mol. The predicted octanol–water partition coefficient (Wildman–Crippen LogP) is 3.00. The molecule has 1 N–H and O–H groups in total. The van der Waals surface area contributed by atoms with Gasteiger partial charge in [0.1, 0.15) is 0 Å². The Morgan fingerprint density at radius 3 is 2.82 bits per heavy atom. The van der Waals surface area contributed by atoms with E-state index < -0.39 is 0 Å². The topological polar surface area (TPSA) is 33.1 Å². The van der Waals surface area contributed by atoms with Crippen molar-refractivity contribution in [2.45, 2.75) is 38.2 Å². The SMILES string of the molecule is Cc1cc(CCC2(O)CC2)c2ccccc2n1. The lowest BCUT2D eigenvalue weighted by atomic mass is 10.0. The minimum Gasteiger partial charge on any atom is -0.390 e. The Hall–Kier alpha value is -1.41. The highest BCUT2D eigenvalue weighted by Gasteiger charge is 2.39. The second-order valence-corrected chi connectivity index (χ2v) is 5.16. The summed E-state index contributed by atoms with van der Waals surface area (Å²) in [4.78, 5) is 4.53. The predicted molar refractivity (Wildman–Crippen MR) is 69.0 cm³/mol. The first kappa shape index (κ1) is 10.7. The van der Waals surface area contributed by atoms with E-state index in [4.69, 9.17) is 0 Å². The van der Waals surface area contributed by atoms with E-state index in [0.717, 1.165) is 36.9 Å². The number of benzene rings is 1. The molecule has 2 heteroatoms. The molecule has 1 aliphatic carbocycles. The third-order valence-electron chi connectivity index (χ3n) is 3.62. The molecule has 1 fully saturated rings. The van der Waals surface area contributed by atoms with Crippen LogP contribution in [0.3, 0.4) is 0 Å². The van der Waals surface area contributed by atoms with Crippen LogP contribution in [0, 0.1) is 6.92 Å².